The zero-order valence-electron chi connectivity index (χ0n) is 16.2. The third-order valence-electron chi connectivity index (χ3n) is 4.33. The molecule has 32 heavy (non-hydrogen) atoms. The first kappa shape index (κ1) is 21.4. The number of hydrogen-bond donors (Lipinski definition) is 1. The van der Waals surface area contributed by atoms with Crippen molar-refractivity contribution in [3.05, 3.63) is 95.5 Å². The fourth-order valence-corrected chi connectivity index (χ4v) is 3.12. The van der Waals surface area contributed by atoms with Gasteiger partial charge in [-0.1, -0.05) is 17.7 Å². The van der Waals surface area contributed by atoms with Gasteiger partial charge < -0.3 is 10.1 Å². The van der Waals surface area contributed by atoms with Gasteiger partial charge in [0.25, 0.3) is 5.91 Å². The highest BCUT2D eigenvalue weighted by atomic mass is 35.5. The summed E-state index contributed by atoms with van der Waals surface area (Å²) in [7, 11) is 0. The summed E-state index contributed by atoms with van der Waals surface area (Å²) < 4.78 is 47.6. The third-order valence-corrected chi connectivity index (χ3v) is 4.57. The molecule has 0 aliphatic heterocycles. The number of amides is 1. The van der Waals surface area contributed by atoms with Crippen LogP contribution in [0, 0.1) is 0 Å². The number of hydrogen-bond acceptors (Lipinski definition) is 4. The van der Waals surface area contributed by atoms with E-state index in [9.17, 15) is 18.0 Å². The molecule has 1 amide bonds. The van der Waals surface area contributed by atoms with Crippen molar-refractivity contribution in [2.24, 2.45) is 0 Å². The first-order valence-corrected chi connectivity index (χ1v) is 9.59. The van der Waals surface area contributed by atoms with Gasteiger partial charge in [-0.2, -0.15) is 18.3 Å². The highest BCUT2D eigenvalue weighted by molar-refractivity contribution is 6.30. The maximum absolute atomic E-state index is 13.8. The number of nitrogens with one attached hydrogen (secondary N) is 1. The van der Waals surface area contributed by atoms with Gasteiger partial charge in [0.05, 0.1) is 17.4 Å². The molecular formula is C22H14ClF3N4O2. The number of ether oxygens (including phenoxy) is 1. The van der Waals surface area contributed by atoms with Crippen LogP contribution in [0.3, 0.4) is 0 Å². The van der Waals surface area contributed by atoms with Crippen LogP contribution in [0.5, 0.6) is 11.5 Å². The number of alkyl halides is 3. The quantitative estimate of drug-likeness (QED) is 0.399. The van der Waals surface area contributed by atoms with E-state index in [1.165, 1.54) is 36.4 Å². The molecule has 0 atom stereocenters. The van der Waals surface area contributed by atoms with Crippen LogP contribution in [-0.4, -0.2) is 20.7 Å². The smallest absolute Gasteiger partial charge is 0.434 e. The molecule has 0 spiro atoms. The molecule has 0 aliphatic rings. The van der Waals surface area contributed by atoms with Crippen molar-refractivity contribution in [2.75, 3.05) is 5.32 Å². The largest absolute Gasteiger partial charge is 0.457 e. The van der Waals surface area contributed by atoms with Crippen LogP contribution in [0.1, 0.15) is 16.1 Å². The second-order valence-electron chi connectivity index (χ2n) is 6.56. The van der Waals surface area contributed by atoms with Gasteiger partial charge >= 0.3 is 6.18 Å². The normalized spacial score (nSPS) is 11.2. The lowest BCUT2D eigenvalue weighted by molar-refractivity contribution is -0.143. The molecule has 10 heteroatoms. The molecule has 2 aromatic carbocycles. The lowest BCUT2D eigenvalue weighted by Gasteiger charge is -2.13. The van der Waals surface area contributed by atoms with E-state index in [-0.39, 0.29) is 10.7 Å². The molecule has 0 bridgehead atoms. The maximum atomic E-state index is 13.8. The molecule has 0 fully saturated rings. The number of aromatic nitrogens is 3. The number of rotatable bonds is 5. The van der Waals surface area contributed by atoms with Gasteiger partial charge in [-0.15, -0.1) is 0 Å². The van der Waals surface area contributed by atoms with Crippen LogP contribution in [0.15, 0.2) is 79.3 Å². The van der Waals surface area contributed by atoms with Gasteiger partial charge in [0, 0.05) is 23.1 Å². The van der Waals surface area contributed by atoms with E-state index in [0.717, 1.165) is 6.20 Å². The Hall–Kier alpha value is -3.85. The maximum Gasteiger partial charge on any atom is 0.434 e. The van der Waals surface area contributed by atoms with E-state index >= 15 is 0 Å². The average Bonchev–Trinajstić information content (AvgIpc) is 3.22. The van der Waals surface area contributed by atoms with Gasteiger partial charge in [-0.05, 0) is 54.6 Å². The van der Waals surface area contributed by atoms with E-state index in [0.29, 0.717) is 21.9 Å². The predicted molar refractivity (Wildman–Crippen MR) is 112 cm³/mol. The minimum Gasteiger partial charge on any atom is -0.457 e. The van der Waals surface area contributed by atoms with Crippen LogP contribution in [0.4, 0.5) is 18.9 Å². The molecular weight excluding hydrogens is 445 g/mol. The molecule has 2 heterocycles. The van der Waals surface area contributed by atoms with E-state index in [1.807, 2.05) is 0 Å². The summed E-state index contributed by atoms with van der Waals surface area (Å²) >= 11 is 5.89. The number of benzene rings is 2. The number of nitrogens with zero attached hydrogens (tertiary/aromatic N) is 3. The Bertz CT molecular complexity index is 1240. The lowest BCUT2D eigenvalue weighted by atomic mass is 10.2. The monoisotopic (exact) mass is 458 g/mol. The van der Waals surface area contributed by atoms with Crippen molar-refractivity contribution >= 4 is 23.2 Å². The van der Waals surface area contributed by atoms with Crippen molar-refractivity contribution in [3.63, 3.8) is 0 Å². The first-order chi connectivity index (χ1) is 15.3. The molecule has 6 nitrogen and oxygen atoms in total. The summed E-state index contributed by atoms with van der Waals surface area (Å²) in [6.07, 6.45) is -0.800. The summed E-state index contributed by atoms with van der Waals surface area (Å²) in [5, 5.41) is 6.47. The van der Waals surface area contributed by atoms with E-state index in [2.05, 4.69) is 15.4 Å². The number of carbonyl (C=O) groups excluding carboxylic acids is 1. The highest BCUT2D eigenvalue weighted by Crippen LogP contribution is 2.34. The topological polar surface area (TPSA) is 69.0 Å². The summed E-state index contributed by atoms with van der Waals surface area (Å²) in [6.45, 7) is 0. The summed E-state index contributed by atoms with van der Waals surface area (Å²) in [5.74, 6) is 0.104. The zero-order valence-corrected chi connectivity index (χ0v) is 16.9. The fraction of sp³-hybridized carbons (Fsp3) is 0.0455. The Morgan fingerprint density at radius 3 is 2.34 bits per heavy atom. The van der Waals surface area contributed by atoms with Crippen LogP contribution in [0.25, 0.3) is 5.69 Å². The van der Waals surface area contributed by atoms with Gasteiger partial charge in [0.1, 0.15) is 11.5 Å². The van der Waals surface area contributed by atoms with Crippen molar-refractivity contribution < 1.29 is 22.7 Å². The van der Waals surface area contributed by atoms with Crippen LogP contribution < -0.4 is 10.1 Å². The molecule has 0 radical (unpaired) electrons. The second kappa shape index (κ2) is 8.72. The highest BCUT2D eigenvalue weighted by Gasteiger charge is 2.40. The van der Waals surface area contributed by atoms with Crippen molar-refractivity contribution in [1.29, 1.82) is 0 Å². The molecule has 0 unspecified atom stereocenters. The van der Waals surface area contributed by atoms with E-state index in [1.54, 1.807) is 36.7 Å². The Labute approximate surface area is 185 Å². The minimum atomic E-state index is -4.83. The molecule has 0 aliphatic carbocycles. The number of anilines is 1. The number of carbonyl (C=O) groups is 1. The standard InChI is InChI=1S/C22H14ClF3N4O2/c23-14-2-1-3-16(12-14)30-20(22(24,25)26)19(13-28-30)21(31)29-15-4-6-17(7-5-15)32-18-8-10-27-11-9-18/h1-13H,(H,29,31). The Balaban J connectivity index is 1.57. The summed E-state index contributed by atoms with van der Waals surface area (Å²) in [5.41, 5.74) is -1.44. The zero-order chi connectivity index (χ0) is 22.7. The molecule has 1 N–H and O–H groups in total. The van der Waals surface area contributed by atoms with Gasteiger partial charge in [-0.25, -0.2) is 4.68 Å². The molecule has 0 saturated heterocycles. The molecule has 2 aromatic heterocycles. The Morgan fingerprint density at radius 2 is 1.69 bits per heavy atom. The van der Waals surface area contributed by atoms with Gasteiger partial charge in [0.15, 0.2) is 5.69 Å². The van der Waals surface area contributed by atoms with Crippen LogP contribution in [-0.2, 0) is 6.18 Å². The third kappa shape index (κ3) is 4.73. The molecule has 4 aromatic rings. The second-order valence-corrected chi connectivity index (χ2v) is 7.00. The molecule has 4 rings (SSSR count). The summed E-state index contributed by atoms with van der Waals surface area (Å²) in [4.78, 5) is 16.5. The Kier molecular flexibility index (Phi) is 5.83. The van der Waals surface area contributed by atoms with Crippen molar-refractivity contribution in [2.45, 2.75) is 6.18 Å². The minimum absolute atomic E-state index is 0.0847. The number of halogens is 4. The van der Waals surface area contributed by atoms with Crippen LogP contribution >= 0.6 is 11.6 Å². The van der Waals surface area contributed by atoms with Crippen molar-refractivity contribution in [3.8, 4) is 17.2 Å². The lowest BCUT2D eigenvalue weighted by Crippen LogP contribution is -2.20. The van der Waals surface area contributed by atoms with E-state index in [4.69, 9.17) is 16.3 Å². The fourth-order valence-electron chi connectivity index (χ4n) is 2.94. The van der Waals surface area contributed by atoms with Crippen molar-refractivity contribution in [1.82, 2.24) is 14.8 Å². The first-order valence-electron chi connectivity index (χ1n) is 9.22. The SMILES string of the molecule is O=C(Nc1ccc(Oc2ccncc2)cc1)c1cnn(-c2cccc(Cl)c2)c1C(F)(F)F. The van der Waals surface area contributed by atoms with Crippen LogP contribution in [0.2, 0.25) is 5.02 Å². The molecule has 162 valence electrons. The van der Waals surface area contributed by atoms with E-state index < -0.39 is 23.3 Å². The Morgan fingerprint density at radius 1 is 1.00 bits per heavy atom. The van der Waals surface area contributed by atoms with Gasteiger partial charge in [-0.3, -0.25) is 9.78 Å². The number of pyridine rings is 1. The molecule has 0 saturated carbocycles. The average molecular weight is 459 g/mol. The van der Waals surface area contributed by atoms with Gasteiger partial charge in [0.2, 0.25) is 0 Å². The summed E-state index contributed by atoms with van der Waals surface area (Å²) in [6, 6.07) is 15.3. The predicted octanol–water partition coefficient (Wildman–Crippen LogP) is 5.98.